The monoisotopic (exact) mass is 500 g/mol. The van der Waals surface area contributed by atoms with Crippen molar-refractivity contribution in [2.45, 2.75) is 72.1 Å². The average Bonchev–Trinajstić information content (AvgIpc) is 2.79. The van der Waals surface area contributed by atoms with Crippen LogP contribution in [0, 0.1) is 17.3 Å². The first-order chi connectivity index (χ1) is 16.3. The molecule has 0 aromatic carbocycles. The van der Waals surface area contributed by atoms with E-state index in [0.29, 0.717) is 43.7 Å². The van der Waals surface area contributed by atoms with Gasteiger partial charge >= 0.3 is 12.3 Å². The molecule has 0 radical (unpaired) electrons. The van der Waals surface area contributed by atoms with Crippen molar-refractivity contribution in [2.75, 3.05) is 26.7 Å². The molecule has 1 fully saturated rings. The van der Waals surface area contributed by atoms with Crippen molar-refractivity contribution in [1.29, 1.82) is 0 Å². The van der Waals surface area contributed by atoms with E-state index in [9.17, 15) is 22.8 Å². The molecule has 0 saturated carbocycles. The lowest BCUT2D eigenvalue weighted by atomic mass is 9.68. The Balaban J connectivity index is 2.25. The molecule has 1 heterocycles. The van der Waals surface area contributed by atoms with Gasteiger partial charge in [0.1, 0.15) is 11.4 Å². The molecule has 2 atom stereocenters. The van der Waals surface area contributed by atoms with E-state index >= 15 is 0 Å². The van der Waals surface area contributed by atoms with Gasteiger partial charge in [-0.2, -0.15) is 13.2 Å². The van der Waals surface area contributed by atoms with E-state index in [0.717, 1.165) is 0 Å². The molecule has 0 spiro atoms. The highest BCUT2D eigenvalue weighted by Crippen LogP contribution is 2.46. The smallest absolute Gasteiger partial charge is 0.410 e. The first-order valence-electron chi connectivity index (χ1n) is 12.2. The number of hydrogen-bond acceptors (Lipinski definition) is 4. The van der Waals surface area contributed by atoms with Crippen LogP contribution in [-0.4, -0.2) is 55.4 Å². The number of carbonyl (C=O) groups is 2. The Morgan fingerprint density at radius 3 is 2.37 bits per heavy atom. The third kappa shape index (κ3) is 7.51. The van der Waals surface area contributed by atoms with Gasteiger partial charge in [0, 0.05) is 25.0 Å². The summed E-state index contributed by atoms with van der Waals surface area (Å²) in [7, 11) is 1.51. The van der Waals surface area contributed by atoms with E-state index in [1.165, 1.54) is 19.3 Å². The molecule has 1 aliphatic heterocycles. The minimum absolute atomic E-state index is 0.155. The number of hydrogen-bond donors (Lipinski definition) is 1. The van der Waals surface area contributed by atoms with Crippen LogP contribution in [-0.2, 0) is 14.3 Å². The van der Waals surface area contributed by atoms with Gasteiger partial charge in [0.25, 0.3) is 0 Å². The molecule has 0 bridgehead atoms. The largest absolute Gasteiger partial charge is 0.501 e. The van der Waals surface area contributed by atoms with E-state index < -0.39 is 35.1 Å². The Hall–Kier alpha value is -2.45. The van der Waals surface area contributed by atoms with Crippen LogP contribution in [0.5, 0.6) is 0 Å². The van der Waals surface area contributed by atoms with Crippen LogP contribution in [0.1, 0.15) is 60.3 Å². The topological polar surface area (TPSA) is 67.9 Å². The highest BCUT2D eigenvalue weighted by Gasteiger charge is 2.45. The third-order valence-corrected chi connectivity index (χ3v) is 6.74. The summed E-state index contributed by atoms with van der Waals surface area (Å²) in [5.74, 6) is -1.72. The molecule has 2 unspecified atom stereocenters. The van der Waals surface area contributed by atoms with E-state index in [1.54, 1.807) is 44.7 Å². The van der Waals surface area contributed by atoms with Gasteiger partial charge in [0.15, 0.2) is 0 Å². The van der Waals surface area contributed by atoms with Crippen LogP contribution < -0.4 is 5.32 Å². The lowest BCUT2D eigenvalue weighted by Crippen LogP contribution is -2.51. The summed E-state index contributed by atoms with van der Waals surface area (Å²) in [6, 6.07) is 0. The van der Waals surface area contributed by atoms with Crippen LogP contribution in [0.4, 0.5) is 18.0 Å². The zero-order valence-electron chi connectivity index (χ0n) is 21.6. The number of allylic oxidation sites excluding steroid dienone is 4. The number of methoxy groups -OCH3 is 1. The van der Waals surface area contributed by atoms with Gasteiger partial charge in [0.05, 0.1) is 18.9 Å². The summed E-state index contributed by atoms with van der Waals surface area (Å²) in [6.07, 6.45) is 2.55. The first-order valence-corrected chi connectivity index (χ1v) is 12.2. The molecule has 9 heteroatoms. The van der Waals surface area contributed by atoms with Crippen molar-refractivity contribution in [3.63, 3.8) is 0 Å². The predicted octanol–water partition coefficient (Wildman–Crippen LogP) is 5.76. The molecule has 1 N–H and O–H groups in total. The molecule has 1 saturated heterocycles. The van der Waals surface area contributed by atoms with Gasteiger partial charge in [-0.1, -0.05) is 30.7 Å². The second kappa shape index (κ2) is 11.5. The van der Waals surface area contributed by atoms with Crippen molar-refractivity contribution >= 4 is 12.0 Å². The van der Waals surface area contributed by atoms with Gasteiger partial charge in [-0.05, 0) is 59.5 Å². The van der Waals surface area contributed by atoms with Crippen LogP contribution >= 0.6 is 0 Å². The molecule has 2 rings (SSSR count). The van der Waals surface area contributed by atoms with E-state index in [2.05, 4.69) is 5.32 Å². The molecule has 2 amide bonds. The number of alkyl halides is 3. The molecule has 198 valence electrons. The first kappa shape index (κ1) is 28.8. The summed E-state index contributed by atoms with van der Waals surface area (Å²) in [5, 5.41) is 2.99. The number of rotatable bonds is 7. The minimum Gasteiger partial charge on any atom is -0.501 e. The quantitative estimate of drug-likeness (QED) is 0.451. The molecule has 1 aliphatic carbocycles. The van der Waals surface area contributed by atoms with Gasteiger partial charge in [-0.3, -0.25) is 4.79 Å². The second-order valence-corrected chi connectivity index (χ2v) is 10.3. The zero-order chi connectivity index (χ0) is 26.4. The molecule has 0 aromatic heterocycles. The van der Waals surface area contributed by atoms with Gasteiger partial charge in [-0.15, -0.1) is 0 Å². The summed E-state index contributed by atoms with van der Waals surface area (Å²) in [6.45, 7) is 9.88. The fourth-order valence-corrected chi connectivity index (χ4v) is 4.71. The number of ether oxygens (including phenoxy) is 2. The molecule has 2 aliphatic rings. The SMILES string of the molecule is C/C=C(/OC)C(CC)C(=O)NCC1(C2=CC=CC(C(F)(F)F)C2)CCN(C(=O)OC(C)(C)C)CC1. The van der Waals surface area contributed by atoms with E-state index in [1.807, 2.05) is 6.92 Å². The van der Waals surface area contributed by atoms with E-state index in [-0.39, 0.29) is 18.9 Å². The van der Waals surface area contributed by atoms with Crippen molar-refractivity contribution in [2.24, 2.45) is 17.3 Å². The number of piperidine rings is 1. The van der Waals surface area contributed by atoms with Crippen molar-refractivity contribution in [3.05, 3.63) is 35.6 Å². The van der Waals surface area contributed by atoms with Gasteiger partial charge in [0.2, 0.25) is 5.91 Å². The van der Waals surface area contributed by atoms with Crippen LogP contribution in [0.25, 0.3) is 0 Å². The number of carbonyl (C=O) groups excluding carboxylic acids is 2. The second-order valence-electron chi connectivity index (χ2n) is 10.3. The highest BCUT2D eigenvalue weighted by atomic mass is 19.4. The number of likely N-dealkylation sites (tertiary alicyclic amines) is 1. The fraction of sp³-hybridized carbons (Fsp3) is 0.692. The highest BCUT2D eigenvalue weighted by molar-refractivity contribution is 5.81. The molecule has 0 aromatic rings. The number of amides is 2. The fourth-order valence-electron chi connectivity index (χ4n) is 4.71. The number of nitrogens with zero attached hydrogens (tertiary/aromatic N) is 1. The lowest BCUT2D eigenvalue weighted by Gasteiger charge is -2.45. The minimum atomic E-state index is -4.34. The Morgan fingerprint density at radius 1 is 1.26 bits per heavy atom. The van der Waals surface area contributed by atoms with E-state index in [4.69, 9.17) is 9.47 Å². The maximum absolute atomic E-state index is 13.5. The van der Waals surface area contributed by atoms with Crippen LogP contribution in [0.3, 0.4) is 0 Å². The molecular formula is C26H39F3N2O4. The molecule has 6 nitrogen and oxygen atoms in total. The summed E-state index contributed by atoms with van der Waals surface area (Å²) in [4.78, 5) is 27.2. The average molecular weight is 501 g/mol. The summed E-state index contributed by atoms with van der Waals surface area (Å²) >= 11 is 0. The zero-order valence-corrected chi connectivity index (χ0v) is 21.6. The number of nitrogens with one attached hydrogen (secondary N) is 1. The van der Waals surface area contributed by atoms with Crippen LogP contribution in [0.2, 0.25) is 0 Å². The molecule has 35 heavy (non-hydrogen) atoms. The lowest BCUT2D eigenvalue weighted by molar-refractivity contribution is -0.161. The van der Waals surface area contributed by atoms with Crippen molar-refractivity contribution in [3.8, 4) is 0 Å². The molecular weight excluding hydrogens is 461 g/mol. The van der Waals surface area contributed by atoms with Crippen LogP contribution in [0.15, 0.2) is 35.6 Å². The third-order valence-electron chi connectivity index (χ3n) is 6.74. The Morgan fingerprint density at radius 2 is 1.89 bits per heavy atom. The standard InChI is InChI=1S/C26H39F3N2O4/c1-7-20(21(8-2)34-6)22(32)30-17-25(18-10-9-11-19(16-18)26(27,28)29)12-14-31(15-13-25)23(33)35-24(3,4)5/h8-11,19-20H,7,12-17H2,1-6H3,(H,30,32)/b21-8+. The number of halogens is 3. The maximum Gasteiger partial charge on any atom is 0.410 e. The van der Waals surface area contributed by atoms with Crippen molar-refractivity contribution < 1.29 is 32.2 Å². The Bertz CT molecular complexity index is 848. The maximum atomic E-state index is 13.5. The summed E-state index contributed by atoms with van der Waals surface area (Å²) < 4.78 is 51.4. The van der Waals surface area contributed by atoms with Gasteiger partial charge in [-0.25, -0.2) is 4.79 Å². The Kier molecular flexibility index (Phi) is 9.48. The van der Waals surface area contributed by atoms with Gasteiger partial charge < -0.3 is 19.7 Å². The Labute approximate surface area is 206 Å². The normalized spacial score (nSPS) is 21.7. The summed E-state index contributed by atoms with van der Waals surface area (Å²) in [5.41, 5.74) is -0.682. The predicted molar refractivity (Wildman–Crippen MR) is 128 cm³/mol. The van der Waals surface area contributed by atoms with Crippen molar-refractivity contribution in [1.82, 2.24) is 10.2 Å².